The largest absolute Gasteiger partial charge is 0.324 e. The molecule has 29 heavy (non-hydrogen) atoms. The molecule has 3 atom stereocenters. The molecule has 3 aliphatic heterocycles. The van der Waals surface area contributed by atoms with E-state index in [-0.39, 0.29) is 21.6 Å². The van der Waals surface area contributed by atoms with Gasteiger partial charge in [0.1, 0.15) is 6.04 Å². The van der Waals surface area contributed by atoms with Crippen LogP contribution in [0, 0.1) is 5.92 Å². The van der Waals surface area contributed by atoms with Gasteiger partial charge < -0.3 is 10.2 Å². The number of carbonyl (C=O) groups excluding carboxylic acids is 2. The molecule has 1 aromatic rings. The molecule has 0 radical (unpaired) electrons. The minimum Gasteiger partial charge on any atom is -0.324 e. The molecule has 3 fully saturated rings. The first-order valence-electron chi connectivity index (χ1n) is 10.1. The molecular weight excluding hydrogens is 410 g/mol. The summed E-state index contributed by atoms with van der Waals surface area (Å²) >= 11 is 1.65. The molecule has 0 spiro atoms. The second kappa shape index (κ2) is 7.59. The molecule has 0 aliphatic carbocycles. The van der Waals surface area contributed by atoms with E-state index in [4.69, 9.17) is 0 Å². The summed E-state index contributed by atoms with van der Waals surface area (Å²) in [6.45, 7) is 5.17. The summed E-state index contributed by atoms with van der Waals surface area (Å²) < 4.78 is 27.3. The summed E-state index contributed by atoms with van der Waals surface area (Å²) in [5, 5.41) is 2.84. The van der Waals surface area contributed by atoms with Crippen LogP contribution in [0.25, 0.3) is 0 Å². The normalized spacial score (nSPS) is 30.4. The van der Waals surface area contributed by atoms with E-state index in [1.54, 1.807) is 45.2 Å². The van der Waals surface area contributed by atoms with Crippen molar-refractivity contribution in [3.8, 4) is 0 Å². The molecule has 3 heterocycles. The van der Waals surface area contributed by atoms with Gasteiger partial charge >= 0.3 is 0 Å². The number of sulfonamides is 1. The van der Waals surface area contributed by atoms with Crippen molar-refractivity contribution in [3.63, 3.8) is 0 Å². The third-order valence-electron chi connectivity index (χ3n) is 6.13. The van der Waals surface area contributed by atoms with E-state index in [0.717, 1.165) is 19.3 Å². The van der Waals surface area contributed by atoms with E-state index in [2.05, 4.69) is 12.2 Å². The van der Waals surface area contributed by atoms with Crippen LogP contribution < -0.4 is 5.32 Å². The average Bonchev–Trinajstić information content (AvgIpc) is 3.18. The highest BCUT2D eigenvalue weighted by molar-refractivity contribution is 8.01. The fourth-order valence-electron chi connectivity index (χ4n) is 4.46. The van der Waals surface area contributed by atoms with Gasteiger partial charge in [0, 0.05) is 31.0 Å². The molecule has 1 N–H and O–H groups in total. The maximum atomic E-state index is 12.9. The lowest BCUT2D eigenvalue weighted by Crippen LogP contribution is -2.48. The van der Waals surface area contributed by atoms with E-state index in [1.807, 2.05) is 6.92 Å². The second-order valence-electron chi connectivity index (χ2n) is 8.39. The summed E-state index contributed by atoms with van der Waals surface area (Å²) in [5.41, 5.74) is 0.534. The topological polar surface area (TPSA) is 86.8 Å². The Morgan fingerprint density at radius 3 is 2.69 bits per heavy atom. The summed E-state index contributed by atoms with van der Waals surface area (Å²) in [7, 11) is -3.52. The Labute approximate surface area is 176 Å². The van der Waals surface area contributed by atoms with Gasteiger partial charge in [-0.05, 0) is 56.4 Å². The van der Waals surface area contributed by atoms with E-state index in [0.29, 0.717) is 36.9 Å². The number of carbonyl (C=O) groups is 2. The molecule has 7 nitrogen and oxygen atoms in total. The van der Waals surface area contributed by atoms with Crippen molar-refractivity contribution < 1.29 is 18.0 Å². The fraction of sp³-hybridized carbons (Fsp3) is 0.600. The zero-order valence-electron chi connectivity index (χ0n) is 16.8. The number of rotatable bonds is 4. The van der Waals surface area contributed by atoms with Crippen molar-refractivity contribution in [1.82, 2.24) is 9.21 Å². The van der Waals surface area contributed by atoms with E-state index in [9.17, 15) is 18.0 Å². The zero-order valence-corrected chi connectivity index (χ0v) is 18.4. The van der Waals surface area contributed by atoms with Gasteiger partial charge in [-0.15, -0.1) is 11.8 Å². The molecule has 4 rings (SSSR count). The van der Waals surface area contributed by atoms with E-state index in [1.165, 1.54) is 0 Å². The highest BCUT2D eigenvalue weighted by Crippen LogP contribution is 2.47. The van der Waals surface area contributed by atoms with Gasteiger partial charge in [0.15, 0.2) is 0 Å². The molecule has 0 unspecified atom stereocenters. The Hall–Kier alpha value is -1.58. The Morgan fingerprint density at radius 2 is 2.00 bits per heavy atom. The molecule has 3 saturated heterocycles. The summed E-state index contributed by atoms with van der Waals surface area (Å²) in [5.74, 6) is 0.736. The number of fused-ring (bicyclic) bond motifs is 1. The minimum atomic E-state index is -3.52. The highest BCUT2D eigenvalue weighted by atomic mass is 32.2. The Kier molecular flexibility index (Phi) is 5.41. The molecule has 2 amide bonds. The molecule has 0 aromatic heterocycles. The lowest BCUT2D eigenvalue weighted by atomic mass is 10.0. The number of nitrogens with zero attached hydrogens (tertiary/aromatic N) is 2. The average molecular weight is 438 g/mol. The van der Waals surface area contributed by atoms with Gasteiger partial charge in [0.05, 0.1) is 9.77 Å². The van der Waals surface area contributed by atoms with Crippen molar-refractivity contribution in [2.24, 2.45) is 5.92 Å². The van der Waals surface area contributed by atoms with Crippen LogP contribution in [-0.2, 0) is 19.6 Å². The molecule has 158 valence electrons. The Bertz CT molecular complexity index is 918. The molecule has 9 heteroatoms. The van der Waals surface area contributed by atoms with Gasteiger partial charge in [0.2, 0.25) is 21.8 Å². The number of anilines is 1. The number of amides is 2. The Morgan fingerprint density at radius 1 is 1.28 bits per heavy atom. The van der Waals surface area contributed by atoms with Crippen LogP contribution in [0.4, 0.5) is 5.69 Å². The van der Waals surface area contributed by atoms with Crippen molar-refractivity contribution in [3.05, 3.63) is 24.3 Å². The van der Waals surface area contributed by atoms with Gasteiger partial charge in [0.25, 0.3) is 0 Å². The van der Waals surface area contributed by atoms with Crippen LogP contribution in [0.5, 0.6) is 0 Å². The van der Waals surface area contributed by atoms with Crippen LogP contribution in [0.15, 0.2) is 29.2 Å². The zero-order chi connectivity index (χ0) is 20.8. The second-order valence-corrected chi connectivity index (χ2v) is 11.8. The van der Waals surface area contributed by atoms with Gasteiger partial charge in [-0.2, -0.15) is 4.31 Å². The molecule has 3 aliphatic rings. The lowest BCUT2D eigenvalue weighted by Gasteiger charge is -2.30. The minimum absolute atomic E-state index is 0.0230. The standard InChI is InChI=1S/C20H27N3O4S2/c1-14-4-3-11-22(12-14)29(26,27)16-7-5-15(6-8-16)21-19(25)17-13-28-20(2)10-9-18(24)23(17)20/h5-8,14,17H,3-4,9-13H2,1-2H3,(H,21,25)/t14-,17-,20+/m1/s1. The van der Waals surface area contributed by atoms with Crippen molar-refractivity contribution in [2.45, 2.75) is 55.3 Å². The third-order valence-corrected chi connectivity index (χ3v) is 9.51. The van der Waals surface area contributed by atoms with Gasteiger partial charge in [-0.25, -0.2) is 8.42 Å². The Balaban J connectivity index is 1.45. The van der Waals surface area contributed by atoms with Crippen molar-refractivity contribution in [2.75, 3.05) is 24.2 Å². The maximum Gasteiger partial charge on any atom is 0.248 e. The highest BCUT2D eigenvalue weighted by Gasteiger charge is 2.52. The first-order chi connectivity index (χ1) is 13.7. The first-order valence-corrected chi connectivity index (χ1v) is 12.5. The quantitative estimate of drug-likeness (QED) is 0.782. The molecule has 1 aromatic carbocycles. The van der Waals surface area contributed by atoms with Gasteiger partial charge in [-0.1, -0.05) is 6.92 Å². The predicted molar refractivity (Wildman–Crippen MR) is 113 cm³/mol. The molecule has 0 saturated carbocycles. The summed E-state index contributed by atoms with van der Waals surface area (Å²) in [6, 6.07) is 5.83. The van der Waals surface area contributed by atoms with E-state index >= 15 is 0 Å². The number of nitrogens with one attached hydrogen (secondary N) is 1. The smallest absolute Gasteiger partial charge is 0.248 e. The first kappa shape index (κ1) is 20.7. The SMILES string of the molecule is C[C@@H]1CCCN(S(=O)(=O)c2ccc(NC(=O)[C@H]3CS[C@@]4(C)CCC(=O)N34)cc2)C1. The van der Waals surface area contributed by atoms with Crippen LogP contribution in [-0.4, -0.2) is 59.2 Å². The number of hydrogen-bond donors (Lipinski definition) is 1. The number of hydrogen-bond acceptors (Lipinski definition) is 5. The maximum absolute atomic E-state index is 12.9. The van der Waals surface area contributed by atoms with Gasteiger partial charge in [-0.3, -0.25) is 9.59 Å². The predicted octanol–water partition coefficient (Wildman–Crippen LogP) is 2.50. The third kappa shape index (κ3) is 3.80. The van der Waals surface area contributed by atoms with Crippen molar-refractivity contribution >= 4 is 39.3 Å². The van der Waals surface area contributed by atoms with Crippen LogP contribution in [0.1, 0.15) is 39.5 Å². The number of benzene rings is 1. The monoisotopic (exact) mass is 437 g/mol. The lowest BCUT2D eigenvalue weighted by molar-refractivity contribution is -0.135. The van der Waals surface area contributed by atoms with Crippen LogP contribution >= 0.6 is 11.8 Å². The van der Waals surface area contributed by atoms with Crippen LogP contribution in [0.2, 0.25) is 0 Å². The van der Waals surface area contributed by atoms with Crippen molar-refractivity contribution in [1.29, 1.82) is 0 Å². The number of piperidine rings is 1. The fourth-order valence-corrected chi connectivity index (χ4v) is 7.49. The molecule has 0 bridgehead atoms. The summed E-state index contributed by atoms with van der Waals surface area (Å²) in [6.07, 6.45) is 3.17. The summed E-state index contributed by atoms with van der Waals surface area (Å²) in [4.78, 5) is 26.6. The van der Waals surface area contributed by atoms with Crippen LogP contribution in [0.3, 0.4) is 0 Å². The number of thioether (sulfide) groups is 1. The van der Waals surface area contributed by atoms with E-state index < -0.39 is 16.1 Å². The molecular formula is C20H27N3O4S2.